The van der Waals surface area contributed by atoms with Crippen LogP contribution in [0.3, 0.4) is 0 Å². The van der Waals surface area contributed by atoms with Gasteiger partial charge >= 0.3 is 0 Å². The summed E-state index contributed by atoms with van der Waals surface area (Å²) < 4.78 is 2.06. The molecular weight excluding hydrogens is 264 g/mol. The number of nitrogens with zero attached hydrogens (tertiary/aromatic N) is 2. The van der Waals surface area contributed by atoms with E-state index < -0.39 is 0 Å². The lowest BCUT2D eigenvalue weighted by atomic mass is 10.1. The number of hydrogen-bond donors (Lipinski definition) is 0. The summed E-state index contributed by atoms with van der Waals surface area (Å²) in [7, 11) is 0. The molecular formula is C13H23BrN2. The third kappa shape index (κ3) is 6.31. The van der Waals surface area contributed by atoms with Crippen LogP contribution in [0, 0.1) is 6.92 Å². The molecule has 92 valence electrons. The van der Waals surface area contributed by atoms with Gasteiger partial charge in [0.25, 0.3) is 0 Å². The molecule has 0 aliphatic carbocycles. The fraction of sp³-hybridized carbons (Fsp3) is 0.769. The van der Waals surface area contributed by atoms with Crippen LogP contribution in [-0.4, -0.2) is 15.1 Å². The van der Waals surface area contributed by atoms with Crippen LogP contribution < -0.4 is 0 Å². The lowest BCUT2D eigenvalue weighted by molar-refractivity contribution is 0.522. The monoisotopic (exact) mass is 286 g/mol. The van der Waals surface area contributed by atoms with Crippen molar-refractivity contribution in [1.82, 2.24) is 9.78 Å². The largest absolute Gasteiger partial charge is 0.273 e. The minimum absolute atomic E-state index is 1.08. The van der Waals surface area contributed by atoms with Gasteiger partial charge < -0.3 is 0 Å². The Bertz CT molecular complexity index is 271. The number of aromatic nitrogens is 2. The zero-order chi connectivity index (χ0) is 11.6. The van der Waals surface area contributed by atoms with Crippen molar-refractivity contribution >= 4 is 15.9 Å². The van der Waals surface area contributed by atoms with Crippen molar-refractivity contribution in [3.05, 3.63) is 18.0 Å². The van der Waals surface area contributed by atoms with E-state index in [0.29, 0.717) is 0 Å². The van der Waals surface area contributed by atoms with Crippen molar-refractivity contribution in [2.75, 3.05) is 5.33 Å². The molecule has 3 heteroatoms. The van der Waals surface area contributed by atoms with Gasteiger partial charge in [0.2, 0.25) is 0 Å². The zero-order valence-electron chi connectivity index (χ0n) is 10.3. The number of aryl methyl sites for hydroxylation is 2. The van der Waals surface area contributed by atoms with Gasteiger partial charge in [0, 0.05) is 18.1 Å². The van der Waals surface area contributed by atoms with Crippen molar-refractivity contribution < 1.29 is 0 Å². The van der Waals surface area contributed by atoms with E-state index in [0.717, 1.165) is 17.6 Å². The molecule has 0 aromatic carbocycles. The molecule has 0 aliphatic rings. The normalized spacial score (nSPS) is 10.9. The van der Waals surface area contributed by atoms with Crippen LogP contribution in [0.15, 0.2) is 12.3 Å². The standard InChI is InChI=1S/C13H23BrN2/c1-13-9-12-16(15-13)11-8-6-4-2-3-5-7-10-14/h9,12H,2-8,10-11H2,1H3. The maximum absolute atomic E-state index is 4.38. The van der Waals surface area contributed by atoms with E-state index >= 15 is 0 Å². The lowest BCUT2D eigenvalue weighted by Crippen LogP contribution is -1.98. The molecule has 16 heavy (non-hydrogen) atoms. The zero-order valence-corrected chi connectivity index (χ0v) is 11.9. The summed E-state index contributed by atoms with van der Waals surface area (Å²) in [5.41, 5.74) is 1.12. The highest BCUT2D eigenvalue weighted by molar-refractivity contribution is 9.09. The molecule has 0 atom stereocenters. The third-order valence-electron chi connectivity index (χ3n) is 2.79. The van der Waals surface area contributed by atoms with Gasteiger partial charge in [0.1, 0.15) is 0 Å². The Hall–Kier alpha value is -0.310. The van der Waals surface area contributed by atoms with Crippen LogP contribution >= 0.6 is 15.9 Å². The van der Waals surface area contributed by atoms with Crippen molar-refractivity contribution in [3.8, 4) is 0 Å². The second-order valence-corrected chi connectivity index (χ2v) is 5.18. The van der Waals surface area contributed by atoms with E-state index in [4.69, 9.17) is 0 Å². The van der Waals surface area contributed by atoms with Crippen LogP contribution in [0.4, 0.5) is 0 Å². The van der Waals surface area contributed by atoms with Gasteiger partial charge in [-0.15, -0.1) is 0 Å². The van der Waals surface area contributed by atoms with Crippen molar-refractivity contribution in [1.29, 1.82) is 0 Å². The first kappa shape index (κ1) is 13.8. The van der Waals surface area contributed by atoms with Crippen LogP contribution in [0.1, 0.15) is 50.6 Å². The molecule has 0 saturated heterocycles. The number of rotatable bonds is 9. The van der Waals surface area contributed by atoms with Gasteiger partial charge in [0.15, 0.2) is 0 Å². The molecule has 1 rings (SSSR count). The highest BCUT2D eigenvalue weighted by Crippen LogP contribution is 2.08. The molecule has 2 nitrogen and oxygen atoms in total. The van der Waals surface area contributed by atoms with E-state index in [1.807, 2.05) is 6.92 Å². The summed E-state index contributed by atoms with van der Waals surface area (Å²) in [4.78, 5) is 0. The molecule has 0 radical (unpaired) electrons. The van der Waals surface area contributed by atoms with Gasteiger partial charge in [-0.25, -0.2) is 0 Å². The first-order chi connectivity index (χ1) is 7.83. The Labute approximate surface area is 108 Å². The van der Waals surface area contributed by atoms with E-state index in [1.165, 1.54) is 44.9 Å². The first-order valence-corrected chi connectivity index (χ1v) is 7.51. The van der Waals surface area contributed by atoms with Crippen molar-refractivity contribution in [2.45, 2.75) is 58.4 Å². The van der Waals surface area contributed by atoms with Crippen molar-refractivity contribution in [2.24, 2.45) is 0 Å². The maximum atomic E-state index is 4.38. The lowest BCUT2D eigenvalue weighted by Gasteiger charge is -2.02. The van der Waals surface area contributed by atoms with Gasteiger partial charge in [0.05, 0.1) is 5.69 Å². The maximum Gasteiger partial charge on any atom is 0.0593 e. The molecule has 0 aliphatic heterocycles. The van der Waals surface area contributed by atoms with E-state index in [-0.39, 0.29) is 0 Å². The fourth-order valence-corrected chi connectivity index (χ4v) is 2.24. The number of alkyl halides is 1. The van der Waals surface area contributed by atoms with Crippen LogP contribution in [0.2, 0.25) is 0 Å². The molecule has 0 fully saturated rings. The van der Waals surface area contributed by atoms with Gasteiger partial charge in [-0.1, -0.05) is 48.0 Å². The van der Waals surface area contributed by atoms with Gasteiger partial charge in [-0.2, -0.15) is 5.10 Å². The molecule has 1 aromatic rings. The number of halogens is 1. The molecule has 0 amide bonds. The Morgan fingerprint density at radius 1 is 1.06 bits per heavy atom. The van der Waals surface area contributed by atoms with Gasteiger partial charge in [-0.3, -0.25) is 4.68 Å². The Kier molecular flexibility index (Phi) is 7.56. The number of hydrogen-bond acceptors (Lipinski definition) is 1. The Morgan fingerprint density at radius 2 is 1.69 bits per heavy atom. The van der Waals surface area contributed by atoms with E-state index in [2.05, 4.69) is 38.0 Å². The highest BCUT2D eigenvalue weighted by Gasteiger charge is 1.94. The average molecular weight is 287 g/mol. The SMILES string of the molecule is Cc1ccn(CCCCCCCCCBr)n1. The highest BCUT2D eigenvalue weighted by atomic mass is 79.9. The summed E-state index contributed by atoms with van der Waals surface area (Å²) in [5.74, 6) is 0. The van der Waals surface area contributed by atoms with Crippen LogP contribution in [-0.2, 0) is 6.54 Å². The molecule has 0 unspecified atom stereocenters. The molecule has 0 N–H and O–H groups in total. The average Bonchev–Trinajstić information content (AvgIpc) is 2.68. The molecule has 0 spiro atoms. The fourth-order valence-electron chi connectivity index (χ4n) is 1.84. The minimum Gasteiger partial charge on any atom is -0.273 e. The summed E-state index contributed by atoms with van der Waals surface area (Å²) in [6, 6.07) is 2.07. The third-order valence-corrected chi connectivity index (χ3v) is 3.36. The summed E-state index contributed by atoms with van der Waals surface area (Å²) in [6.07, 6.45) is 11.6. The summed E-state index contributed by atoms with van der Waals surface area (Å²) in [6.45, 7) is 3.12. The predicted octanol–water partition coefficient (Wildman–Crippen LogP) is 4.32. The van der Waals surface area contributed by atoms with E-state index in [9.17, 15) is 0 Å². The first-order valence-electron chi connectivity index (χ1n) is 6.39. The van der Waals surface area contributed by atoms with E-state index in [1.54, 1.807) is 0 Å². The van der Waals surface area contributed by atoms with Crippen LogP contribution in [0.5, 0.6) is 0 Å². The second kappa shape index (κ2) is 8.80. The van der Waals surface area contributed by atoms with Crippen LogP contribution in [0.25, 0.3) is 0 Å². The smallest absolute Gasteiger partial charge is 0.0593 e. The molecule has 0 bridgehead atoms. The second-order valence-electron chi connectivity index (χ2n) is 4.38. The Morgan fingerprint density at radius 3 is 2.25 bits per heavy atom. The molecule has 1 heterocycles. The Balaban J connectivity index is 1.88. The van der Waals surface area contributed by atoms with Gasteiger partial charge in [-0.05, 0) is 25.8 Å². The summed E-state index contributed by atoms with van der Waals surface area (Å²) >= 11 is 3.46. The quantitative estimate of drug-likeness (QED) is 0.488. The summed E-state index contributed by atoms with van der Waals surface area (Å²) in [5, 5.41) is 5.54. The number of unbranched alkanes of at least 4 members (excludes halogenated alkanes) is 6. The molecule has 1 aromatic heterocycles. The van der Waals surface area contributed by atoms with Crippen molar-refractivity contribution in [3.63, 3.8) is 0 Å². The minimum atomic E-state index is 1.08. The predicted molar refractivity (Wildman–Crippen MR) is 73.1 cm³/mol. The topological polar surface area (TPSA) is 17.8 Å². The molecule has 0 saturated carbocycles.